The maximum Gasteiger partial charge on any atom is 0.324 e. The number of hydrogen-bond acceptors (Lipinski definition) is 4. The number of rotatable bonds is 4. The predicted molar refractivity (Wildman–Crippen MR) is 68.8 cm³/mol. The summed E-state index contributed by atoms with van der Waals surface area (Å²) in [5.41, 5.74) is -0.744. The van der Waals surface area contributed by atoms with Crippen LogP contribution in [0.3, 0.4) is 0 Å². The Morgan fingerprint density at radius 2 is 2.06 bits per heavy atom. The minimum absolute atomic E-state index is 0.0937. The molecule has 8 heteroatoms. The molecule has 96 valence electrons. The number of aliphatic carboxylic acids is 1. The largest absolute Gasteiger partial charge is 0.480 e. The van der Waals surface area contributed by atoms with Gasteiger partial charge in [0.25, 0.3) is 10.0 Å². The van der Waals surface area contributed by atoms with Crippen LogP contribution < -0.4 is 4.72 Å². The molecule has 0 spiro atoms. The van der Waals surface area contributed by atoms with Gasteiger partial charge >= 0.3 is 5.97 Å². The summed E-state index contributed by atoms with van der Waals surface area (Å²) in [7, 11) is -3.81. The summed E-state index contributed by atoms with van der Waals surface area (Å²) >= 11 is 4.27. The summed E-state index contributed by atoms with van der Waals surface area (Å²) in [5.74, 6) is -1.23. The maximum absolute atomic E-state index is 11.9. The molecule has 1 rings (SSSR count). The summed E-state index contributed by atoms with van der Waals surface area (Å²) in [4.78, 5) is 10.9. The topological polar surface area (TPSA) is 83.5 Å². The third-order valence-corrected chi connectivity index (χ3v) is 6.29. The molecule has 0 aliphatic carbocycles. The van der Waals surface area contributed by atoms with Gasteiger partial charge in [-0.15, -0.1) is 11.3 Å². The number of carbonyl (C=O) groups is 1. The first-order valence-electron chi connectivity index (χ1n) is 4.59. The Morgan fingerprint density at radius 3 is 2.41 bits per heavy atom. The standard InChI is InChI=1S/C9H12BrNO4S2/c1-5-4-6(16-7(5)10)17(14,15)11-9(2,3)8(12)13/h4,11H,1-3H3,(H,12,13). The van der Waals surface area contributed by atoms with Gasteiger partial charge in [-0.25, -0.2) is 8.42 Å². The van der Waals surface area contributed by atoms with Gasteiger partial charge < -0.3 is 5.11 Å². The van der Waals surface area contributed by atoms with Gasteiger partial charge in [0.1, 0.15) is 9.75 Å². The summed E-state index contributed by atoms with van der Waals surface area (Å²) in [6.07, 6.45) is 0. The zero-order chi connectivity index (χ0) is 13.4. The first-order valence-corrected chi connectivity index (χ1v) is 7.69. The van der Waals surface area contributed by atoms with Crippen LogP contribution in [0.1, 0.15) is 19.4 Å². The molecule has 0 atom stereocenters. The molecule has 0 aromatic carbocycles. The van der Waals surface area contributed by atoms with Gasteiger partial charge in [-0.1, -0.05) is 0 Å². The van der Waals surface area contributed by atoms with Gasteiger partial charge in [0.2, 0.25) is 0 Å². The smallest absolute Gasteiger partial charge is 0.324 e. The van der Waals surface area contributed by atoms with Crippen molar-refractivity contribution < 1.29 is 18.3 Å². The lowest BCUT2D eigenvalue weighted by Crippen LogP contribution is -2.49. The van der Waals surface area contributed by atoms with Gasteiger partial charge in [-0.05, 0) is 48.3 Å². The Hall–Kier alpha value is -0.440. The quantitative estimate of drug-likeness (QED) is 0.876. The van der Waals surface area contributed by atoms with Gasteiger partial charge in [-0.3, -0.25) is 4.79 Å². The molecule has 0 bridgehead atoms. The first kappa shape index (κ1) is 14.6. The van der Waals surface area contributed by atoms with E-state index < -0.39 is 21.5 Å². The lowest BCUT2D eigenvalue weighted by atomic mass is 10.1. The predicted octanol–water partition coefficient (Wildman–Crippen LogP) is 1.96. The molecule has 0 unspecified atom stereocenters. The van der Waals surface area contributed by atoms with Crippen molar-refractivity contribution in [2.75, 3.05) is 0 Å². The Kier molecular flexibility index (Phi) is 4.02. The van der Waals surface area contributed by atoms with Crippen LogP contribution in [0.5, 0.6) is 0 Å². The number of thiophene rings is 1. The number of nitrogens with one attached hydrogen (secondary N) is 1. The fourth-order valence-corrected chi connectivity index (χ4v) is 4.59. The van der Waals surface area contributed by atoms with Crippen LogP contribution >= 0.6 is 27.3 Å². The molecule has 0 aliphatic heterocycles. The van der Waals surface area contributed by atoms with Crippen molar-refractivity contribution in [3.63, 3.8) is 0 Å². The SMILES string of the molecule is Cc1cc(S(=O)(=O)NC(C)(C)C(=O)O)sc1Br. The molecule has 0 amide bonds. The van der Waals surface area contributed by atoms with Gasteiger partial charge in [0.05, 0.1) is 3.79 Å². The Labute approximate surface area is 112 Å². The fraction of sp³-hybridized carbons (Fsp3) is 0.444. The van der Waals surface area contributed by atoms with E-state index in [0.29, 0.717) is 3.79 Å². The molecule has 0 saturated heterocycles. The number of aryl methyl sites for hydroxylation is 1. The van der Waals surface area contributed by atoms with E-state index in [-0.39, 0.29) is 4.21 Å². The lowest BCUT2D eigenvalue weighted by Gasteiger charge is -2.20. The minimum atomic E-state index is -3.81. The summed E-state index contributed by atoms with van der Waals surface area (Å²) < 4.78 is 26.8. The van der Waals surface area contributed by atoms with Crippen molar-refractivity contribution >= 4 is 43.3 Å². The van der Waals surface area contributed by atoms with Crippen LogP contribution in [0, 0.1) is 6.92 Å². The molecule has 0 radical (unpaired) electrons. The molecule has 1 heterocycles. The maximum atomic E-state index is 11.9. The van der Waals surface area contributed by atoms with E-state index >= 15 is 0 Å². The Morgan fingerprint density at radius 1 is 1.53 bits per heavy atom. The van der Waals surface area contributed by atoms with Crippen molar-refractivity contribution in [1.29, 1.82) is 0 Å². The van der Waals surface area contributed by atoms with Gasteiger partial charge in [0, 0.05) is 0 Å². The van der Waals surface area contributed by atoms with Crippen molar-refractivity contribution in [3.05, 3.63) is 15.4 Å². The Balaban J connectivity index is 3.09. The molecule has 5 nitrogen and oxygen atoms in total. The van der Waals surface area contributed by atoms with Gasteiger partial charge in [-0.2, -0.15) is 4.72 Å². The van der Waals surface area contributed by atoms with E-state index in [0.717, 1.165) is 16.9 Å². The zero-order valence-electron chi connectivity index (χ0n) is 9.44. The van der Waals surface area contributed by atoms with E-state index in [2.05, 4.69) is 20.7 Å². The second-order valence-electron chi connectivity index (χ2n) is 4.06. The van der Waals surface area contributed by atoms with Crippen LogP contribution in [0.2, 0.25) is 0 Å². The van der Waals surface area contributed by atoms with Gasteiger partial charge in [0.15, 0.2) is 0 Å². The van der Waals surface area contributed by atoms with Crippen LogP contribution in [0.15, 0.2) is 14.1 Å². The summed E-state index contributed by atoms with van der Waals surface area (Å²) in [6, 6.07) is 1.50. The normalized spacial score (nSPS) is 12.7. The Bertz CT molecular complexity index is 528. The molecule has 0 fully saturated rings. The number of sulfonamides is 1. The number of halogens is 1. The second kappa shape index (κ2) is 4.68. The third-order valence-electron chi connectivity index (χ3n) is 2.02. The third kappa shape index (κ3) is 3.27. The van der Waals surface area contributed by atoms with Crippen molar-refractivity contribution in [2.24, 2.45) is 0 Å². The summed E-state index contributed by atoms with van der Waals surface area (Å²) in [5, 5.41) is 8.88. The zero-order valence-corrected chi connectivity index (χ0v) is 12.7. The first-order chi connectivity index (χ1) is 7.56. The minimum Gasteiger partial charge on any atom is -0.480 e. The van der Waals surface area contributed by atoms with Crippen LogP contribution in [-0.2, 0) is 14.8 Å². The molecular weight excluding hydrogens is 330 g/mol. The summed E-state index contributed by atoms with van der Waals surface area (Å²) in [6.45, 7) is 4.35. The van der Waals surface area contributed by atoms with E-state index in [1.165, 1.54) is 19.9 Å². The highest BCUT2D eigenvalue weighted by Gasteiger charge is 2.33. The highest BCUT2D eigenvalue weighted by atomic mass is 79.9. The second-order valence-corrected chi connectivity index (χ2v) is 8.34. The lowest BCUT2D eigenvalue weighted by molar-refractivity contribution is -0.142. The van der Waals surface area contributed by atoms with E-state index in [4.69, 9.17) is 5.11 Å². The van der Waals surface area contributed by atoms with Crippen molar-refractivity contribution in [3.8, 4) is 0 Å². The van der Waals surface area contributed by atoms with E-state index in [1.807, 2.05) is 0 Å². The molecular formula is C9H12BrNO4S2. The fourth-order valence-electron chi connectivity index (χ4n) is 0.994. The molecule has 0 saturated carbocycles. The van der Waals surface area contributed by atoms with E-state index in [9.17, 15) is 13.2 Å². The van der Waals surface area contributed by atoms with Crippen LogP contribution in [0.4, 0.5) is 0 Å². The van der Waals surface area contributed by atoms with E-state index in [1.54, 1.807) is 6.92 Å². The molecule has 1 aromatic rings. The molecule has 2 N–H and O–H groups in total. The van der Waals surface area contributed by atoms with Crippen LogP contribution in [-0.4, -0.2) is 25.0 Å². The monoisotopic (exact) mass is 341 g/mol. The number of carboxylic acids is 1. The van der Waals surface area contributed by atoms with Crippen molar-refractivity contribution in [2.45, 2.75) is 30.5 Å². The number of carboxylic acid groups (broad SMARTS) is 1. The highest BCUT2D eigenvalue weighted by molar-refractivity contribution is 9.11. The average Bonchev–Trinajstić information content (AvgIpc) is 2.45. The highest BCUT2D eigenvalue weighted by Crippen LogP contribution is 2.30. The average molecular weight is 342 g/mol. The molecule has 1 aromatic heterocycles. The van der Waals surface area contributed by atoms with Crippen molar-refractivity contribution in [1.82, 2.24) is 4.72 Å². The molecule has 0 aliphatic rings. The van der Waals surface area contributed by atoms with Crippen LogP contribution in [0.25, 0.3) is 0 Å². The number of hydrogen-bond donors (Lipinski definition) is 2. The molecule has 17 heavy (non-hydrogen) atoms.